The van der Waals surface area contributed by atoms with Gasteiger partial charge in [0.05, 0.1) is 6.10 Å². The Morgan fingerprint density at radius 1 is 1.19 bits per heavy atom. The fourth-order valence-electron chi connectivity index (χ4n) is 7.51. The lowest BCUT2D eigenvalue weighted by Gasteiger charge is -2.61. The summed E-state index contributed by atoms with van der Waals surface area (Å²) in [5, 5.41) is 10.3. The number of halogens is 1. The highest BCUT2D eigenvalue weighted by molar-refractivity contribution is 7.92. The molecule has 0 aliphatic heterocycles. The number of ether oxygens (including phenoxy) is 2. The number of allylic oxidation sites excluding steroid dienone is 4. The van der Waals surface area contributed by atoms with Crippen LogP contribution in [0, 0.1) is 22.7 Å². The lowest BCUT2D eigenvalue weighted by molar-refractivity contribution is -0.203. The molecule has 0 aromatic heterocycles. The zero-order chi connectivity index (χ0) is 23.0. The fourth-order valence-corrected chi connectivity index (χ4v) is 9.77. The molecular weight excluding hydrogens is 423 g/mol. The van der Waals surface area contributed by atoms with Gasteiger partial charge in [0.25, 0.3) is 0 Å². The SMILES string of the molecule is CCS(=O)(=O)[C@H]1C(OC)(OC)C[C@H]2[C@@H]3CCC4=CC(=O)C=C[C@]4(C)C3(F)[C@@H](O)C[C@@]21C. The van der Waals surface area contributed by atoms with Crippen LogP contribution in [0.4, 0.5) is 4.39 Å². The third kappa shape index (κ3) is 2.71. The second-order valence-electron chi connectivity index (χ2n) is 10.1. The second kappa shape index (κ2) is 6.95. The molecule has 3 saturated carbocycles. The summed E-state index contributed by atoms with van der Waals surface area (Å²) in [5.41, 5.74) is -3.35. The first-order valence-electron chi connectivity index (χ1n) is 11.0. The summed E-state index contributed by atoms with van der Waals surface area (Å²) in [4.78, 5) is 11.9. The lowest BCUT2D eigenvalue weighted by atomic mass is 9.46. The van der Waals surface area contributed by atoms with Crippen LogP contribution < -0.4 is 0 Å². The number of rotatable bonds is 4. The largest absolute Gasteiger partial charge is 0.390 e. The molecule has 174 valence electrons. The molecule has 0 heterocycles. The van der Waals surface area contributed by atoms with E-state index in [4.69, 9.17) is 9.47 Å². The molecular formula is C23H33FO6S. The molecule has 0 aromatic carbocycles. The number of carbonyl (C=O) groups is 1. The number of aliphatic hydroxyl groups excluding tert-OH is 1. The number of ketones is 1. The molecule has 6 nitrogen and oxygen atoms in total. The molecule has 31 heavy (non-hydrogen) atoms. The lowest BCUT2D eigenvalue weighted by Crippen LogP contribution is -2.67. The van der Waals surface area contributed by atoms with Crippen molar-refractivity contribution in [2.75, 3.05) is 20.0 Å². The van der Waals surface area contributed by atoms with Crippen LogP contribution in [0.25, 0.3) is 0 Å². The monoisotopic (exact) mass is 456 g/mol. The summed E-state index contributed by atoms with van der Waals surface area (Å²) in [5.74, 6) is -2.61. The van der Waals surface area contributed by atoms with Gasteiger partial charge >= 0.3 is 0 Å². The molecule has 0 saturated heterocycles. The molecule has 0 bridgehead atoms. The Bertz CT molecular complexity index is 953. The molecule has 0 radical (unpaired) electrons. The Kier molecular flexibility index (Phi) is 5.18. The molecule has 4 aliphatic rings. The Labute approximate surface area is 183 Å². The number of fused-ring (bicyclic) bond motifs is 5. The first-order chi connectivity index (χ1) is 14.4. The van der Waals surface area contributed by atoms with Crippen LogP contribution in [0.1, 0.15) is 46.5 Å². The molecule has 3 fully saturated rings. The minimum atomic E-state index is -3.64. The smallest absolute Gasteiger partial charge is 0.185 e. The van der Waals surface area contributed by atoms with E-state index in [1.807, 2.05) is 6.92 Å². The summed E-state index contributed by atoms with van der Waals surface area (Å²) in [7, 11) is -0.778. The predicted octanol–water partition coefficient (Wildman–Crippen LogP) is 2.76. The van der Waals surface area contributed by atoms with Gasteiger partial charge in [-0.25, -0.2) is 12.8 Å². The van der Waals surface area contributed by atoms with E-state index < -0.39 is 49.4 Å². The maximum atomic E-state index is 17.1. The quantitative estimate of drug-likeness (QED) is 0.655. The Morgan fingerprint density at radius 3 is 2.42 bits per heavy atom. The number of carbonyl (C=O) groups excluding carboxylic acids is 1. The highest BCUT2D eigenvalue weighted by atomic mass is 32.2. The first kappa shape index (κ1) is 23.1. The van der Waals surface area contributed by atoms with Crippen LogP contribution in [0.3, 0.4) is 0 Å². The normalized spacial score (nSPS) is 46.2. The van der Waals surface area contributed by atoms with Gasteiger partial charge in [0.1, 0.15) is 5.25 Å². The van der Waals surface area contributed by atoms with Crippen molar-refractivity contribution in [3.63, 3.8) is 0 Å². The first-order valence-corrected chi connectivity index (χ1v) is 12.7. The molecule has 0 amide bonds. The summed E-state index contributed by atoms with van der Waals surface area (Å²) in [6, 6.07) is 0. The van der Waals surface area contributed by atoms with Crippen molar-refractivity contribution in [2.24, 2.45) is 22.7 Å². The van der Waals surface area contributed by atoms with E-state index in [1.165, 1.54) is 26.4 Å². The number of hydrogen-bond acceptors (Lipinski definition) is 6. The number of methoxy groups -OCH3 is 2. The van der Waals surface area contributed by atoms with E-state index in [0.717, 1.165) is 0 Å². The van der Waals surface area contributed by atoms with Crippen LogP contribution in [-0.2, 0) is 24.1 Å². The van der Waals surface area contributed by atoms with Gasteiger partial charge in [0.2, 0.25) is 0 Å². The van der Waals surface area contributed by atoms with E-state index in [2.05, 4.69) is 0 Å². The van der Waals surface area contributed by atoms with E-state index in [0.29, 0.717) is 18.4 Å². The van der Waals surface area contributed by atoms with E-state index >= 15 is 4.39 Å². The van der Waals surface area contributed by atoms with Crippen molar-refractivity contribution in [1.29, 1.82) is 0 Å². The topological polar surface area (TPSA) is 89.9 Å². The minimum Gasteiger partial charge on any atom is -0.390 e. The van der Waals surface area contributed by atoms with E-state index in [9.17, 15) is 18.3 Å². The summed E-state index contributed by atoms with van der Waals surface area (Å²) < 4.78 is 55.1. The molecule has 4 aliphatic carbocycles. The van der Waals surface area contributed by atoms with Crippen molar-refractivity contribution in [2.45, 2.75) is 69.3 Å². The van der Waals surface area contributed by atoms with Crippen molar-refractivity contribution in [3.05, 3.63) is 23.8 Å². The van der Waals surface area contributed by atoms with Gasteiger partial charge < -0.3 is 14.6 Å². The predicted molar refractivity (Wildman–Crippen MR) is 114 cm³/mol. The summed E-state index contributed by atoms with van der Waals surface area (Å²) >= 11 is 0. The van der Waals surface area contributed by atoms with Crippen molar-refractivity contribution < 1.29 is 32.2 Å². The van der Waals surface area contributed by atoms with Gasteiger partial charge in [-0.1, -0.05) is 25.5 Å². The van der Waals surface area contributed by atoms with Gasteiger partial charge in [-0.2, -0.15) is 0 Å². The third-order valence-corrected chi connectivity index (χ3v) is 11.5. The maximum Gasteiger partial charge on any atom is 0.185 e. The van der Waals surface area contributed by atoms with Crippen molar-refractivity contribution in [1.82, 2.24) is 0 Å². The highest BCUT2D eigenvalue weighted by Crippen LogP contribution is 2.70. The van der Waals surface area contributed by atoms with Crippen molar-refractivity contribution >= 4 is 15.6 Å². The Morgan fingerprint density at radius 2 is 1.84 bits per heavy atom. The van der Waals surface area contributed by atoms with Gasteiger partial charge in [0.15, 0.2) is 27.1 Å². The highest BCUT2D eigenvalue weighted by Gasteiger charge is 2.76. The van der Waals surface area contributed by atoms with Crippen LogP contribution in [-0.4, -0.2) is 62.1 Å². The fraction of sp³-hybridized carbons (Fsp3) is 0.783. The molecule has 1 N–H and O–H groups in total. The molecule has 0 spiro atoms. The average molecular weight is 457 g/mol. The van der Waals surface area contributed by atoms with Crippen LogP contribution in [0.15, 0.2) is 23.8 Å². The molecule has 4 rings (SSSR count). The zero-order valence-corrected chi connectivity index (χ0v) is 19.7. The third-order valence-electron chi connectivity index (χ3n) is 9.03. The summed E-state index contributed by atoms with van der Waals surface area (Å²) in [6.07, 6.45) is 4.25. The number of aliphatic hydroxyl groups is 1. The number of hydrogen-bond donors (Lipinski definition) is 1. The van der Waals surface area contributed by atoms with Crippen LogP contribution in [0.5, 0.6) is 0 Å². The maximum absolute atomic E-state index is 17.1. The van der Waals surface area contributed by atoms with Crippen molar-refractivity contribution in [3.8, 4) is 0 Å². The van der Waals surface area contributed by atoms with E-state index in [1.54, 1.807) is 19.9 Å². The van der Waals surface area contributed by atoms with Crippen LogP contribution in [0.2, 0.25) is 0 Å². The molecule has 7 atom stereocenters. The van der Waals surface area contributed by atoms with Crippen LogP contribution >= 0.6 is 0 Å². The molecule has 1 unspecified atom stereocenters. The van der Waals surface area contributed by atoms with Gasteiger partial charge in [-0.3, -0.25) is 4.79 Å². The minimum absolute atomic E-state index is 0.0201. The standard InChI is InChI=1S/C23H33FO6S/c1-6-31(27,28)19-20(2)13-18(26)23(24)16(17(20)12-22(19,29-4)30-5)8-7-14-11-15(25)9-10-21(14,23)3/h9-11,16-19,26H,6-8,12-13H2,1-5H3/t16-,17-,18-,19+,20-,21-,23?/m0/s1. The number of sulfone groups is 1. The molecule has 0 aromatic rings. The van der Waals surface area contributed by atoms with Gasteiger partial charge in [0, 0.05) is 37.7 Å². The number of alkyl halides is 1. The van der Waals surface area contributed by atoms with Gasteiger partial charge in [-0.15, -0.1) is 0 Å². The summed E-state index contributed by atoms with van der Waals surface area (Å²) in [6.45, 7) is 5.17. The zero-order valence-electron chi connectivity index (χ0n) is 18.9. The Hall–Kier alpha value is -1.09. The average Bonchev–Trinajstić information content (AvgIpc) is 2.99. The Balaban J connectivity index is 1.89. The van der Waals surface area contributed by atoms with E-state index in [-0.39, 0.29) is 30.3 Å². The second-order valence-corrected chi connectivity index (χ2v) is 12.5. The van der Waals surface area contributed by atoms with Gasteiger partial charge in [-0.05, 0) is 49.7 Å². The molecule has 8 heteroatoms.